The smallest absolute Gasteiger partial charge is 0.251 e. The number of methoxy groups -OCH3 is 1. The zero-order valence-corrected chi connectivity index (χ0v) is 14.4. The lowest BCUT2D eigenvalue weighted by Crippen LogP contribution is -2.62. The van der Waals surface area contributed by atoms with Gasteiger partial charge in [0.2, 0.25) is 0 Å². The molecule has 1 heterocycles. The van der Waals surface area contributed by atoms with Crippen molar-refractivity contribution in [3.8, 4) is 11.1 Å². The van der Waals surface area contributed by atoms with Gasteiger partial charge in [0.25, 0.3) is 5.91 Å². The number of ether oxygens (including phenoxy) is 2. The summed E-state index contributed by atoms with van der Waals surface area (Å²) in [7, 11) is 1.70. The van der Waals surface area contributed by atoms with Crippen molar-refractivity contribution in [2.45, 2.75) is 18.6 Å². The average molecular weight is 337 g/mol. The van der Waals surface area contributed by atoms with Gasteiger partial charge in [0.15, 0.2) is 0 Å². The second-order valence-electron chi connectivity index (χ2n) is 6.85. The summed E-state index contributed by atoms with van der Waals surface area (Å²) in [5.74, 6) is 0.661. The van der Waals surface area contributed by atoms with E-state index in [1.807, 2.05) is 42.5 Å². The molecule has 4 atom stereocenters. The highest BCUT2D eigenvalue weighted by Crippen LogP contribution is 2.43. The SMILES string of the molecule is COC[C@H]1[C@@H](NC(=O)c2ccc(-c3ccccc3)cc2)[C@@H]2CCO[C@@H]21. The summed E-state index contributed by atoms with van der Waals surface area (Å²) in [5, 5.41) is 3.20. The summed E-state index contributed by atoms with van der Waals surface area (Å²) in [6.07, 6.45) is 1.26. The van der Waals surface area contributed by atoms with Crippen molar-refractivity contribution >= 4 is 5.91 Å². The van der Waals surface area contributed by atoms with E-state index >= 15 is 0 Å². The van der Waals surface area contributed by atoms with Crippen LogP contribution in [0.25, 0.3) is 11.1 Å². The van der Waals surface area contributed by atoms with Gasteiger partial charge in [0.1, 0.15) is 0 Å². The first kappa shape index (κ1) is 16.3. The lowest BCUT2D eigenvalue weighted by Gasteiger charge is -2.47. The van der Waals surface area contributed by atoms with Crippen molar-refractivity contribution in [2.75, 3.05) is 20.3 Å². The molecule has 1 aliphatic heterocycles. The van der Waals surface area contributed by atoms with Crippen LogP contribution in [0.15, 0.2) is 54.6 Å². The molecule has 2 aliphatic rings. The first-order chi connectivity index (χ1) is 12.3. The molecule has 1 N–H and O–H groups in total. The van der Waals surface area contributed by atoms with E-state index in [9.17, 15) is 4.79 Å². The minimum absolute atomic E-state index is 0.0175. The highest BCUT2D eigenvalue weighted by molar-refractivity contribution is 5.95. The summed E-state index contributed by atoms with van der Waals surface area (Å²) >= 11 is 0. The molecule has 130 valence electrons. The van der Waals surface area contributed by atoms with Crippen molar-refractivity contribution in [3.63, 3.8) is 0 Å². The molecule has 0 spiro atoms. The molecule has 4 nitrogen and oxygen atoms in total. The van der Waals surface area contributed by atoms with Gasteiger partial charge in [-0.25, -0.2) is 0 Å². The van der Waals surface area contributed by atoms with E-state index in [-0.39, 0.29) is 24.0 Å². The van der Waals surface area contributed by atoms with Gasteiger partial charge in [-0.05, 0) is 29.7 Å². The molecular weight excluding hydrogens is 314 g/mol. The molecule has 0 unspecified atom stereocenters. The van der Waals surface area contributed by atoms with E-state index in [4.69, 9.17) is 9.47 Å². The normalized spacial score (nSPS) is 27.4. The van der Waals surface area contributed by atoms with E-state index in [1.54, 1.807) is 7.11 Å². The molecule has 4 heteroatoms. The number of hydrogen-bond acceptors (Lipinski definition) is 3. The van der Waals surface area contributed by atoms with Crippen LogP contribution in [-0.4, -0.2) is 38.4 Å². The maximum atomic E-state index is 12.6. The van der Waals surface area contributed by atoms with Crippen molar-refractivity contribution in [1.29, 1.82) is 0 Å². The molecule has 2 fully saturated rings. The van der Waals surface area contributed by atoms with E-state index in [0.717, 1.165) is 24.2 Å². The van der Waals surface area contributed by atoms with Gasteiger partial charge in [-0.15, -0.1) is 0 Å². The summed E-state index contributed by atoms with van der Waals surface area (Å²) < 4.78 is 11.1. The number of carbonyl (C=O) groups is 1. The number of benzene rings is 2. The molecule has 2 aromatic rings. The van der Waals surface area contributed by atoms with Crippen LogP contribution in [-0.2, 0) is 9.47 Å². The average Bonchev–Trinajstić information content (AvgIpc) is 3.09. The molecule has 25 heavy (non-hydrogen) atoms. The van der Waals surface area contributed by atoms with E-state index in [2.05, 4.69) is 17.4 Å². The first-order valence-electron chi connectivity index (χ1n) is 8.85. The Morgan fingerprint density at radius 3 is 2.56 bits per heavy atom. The van der Waals surface area contributed by atoms with Crippen molar-refractivity contribution in [3.05, 3.63) is 60.2 Å². The third-order valence-electron chi connectivity index (χ3n) is 5.44. The molecule has 1 aliphatic carbocycles. The monoisotopic (exact) mass is 337 g/mol. The molecule has 0 aromatic heterocycles. The Morgan fingerprint density at radius 2 is 1.84 bits per heavy atom. The first-order valence-corrected chi connectivity index (χ1v) is 8.85. The fourth-order valence-corrected chi connectivity index (χ4v) is 4.11. The number of carbonyl (C=O) groups excluding carboxylic acids is 1. The van der Waals surface area contributed by atoms with Crippen LogP contribution in [0.4, 0.5) is 0 Å². The Balaban J connectivity index is 1.44. The lowest BCUT2D eigenvalue weighted by atomic mass is 9.67. The Hall–Kier alpha value is -2.17. The second-order valence-corrected chi connectivity index (χ2v) is 6.85. The Morgan fingerprint density at radius 1 is 1.12 bits per heavy atom. The fraction of sp³-hybridized carbons (Fsp3) is 0.381. The predicted molar refractivity (Wildman–Crippen MR) is 96.3 cm³/mol. The quantitative estimate of drug-likeness (QED) is 0.912. The standard InChI is InChI=1S/C21H23NO3/c1-24-13-18-19(17-11-12-25-20(17)18)22-21(23)16-9-7-15(8-10-16)14-5-3-2-4-6-14/h2-10,17-20H,11-13H2,1H3,(H,22,23)/t17-,18-,19-,20-/m0/s1. The van der Waals surface area contributed by atoms with Gasteiger partial charge in [-0.3, -0.25) is 4.79 Å². The maximum absolute atomic E-state index is 12.6. The van der Waals surface area contributed by atoms with Gasteiger partial charge in [0.05, 0.1) is 12.7 Å². The molecule has 1 amide bonds. The minimum Gasteiger partial charge on any atom is -0.384 e. The van der Waals surface area contributed by atoms with E-state index < -0.39 is 0 Å². The van der Waals surface area contributed by atoms with Crippen LogP contribution < -0.4 is 5.32 Å². The fourth-order valence-electron chi connectivity index (χ4n) is 4.11. The molecule has 0 radical (unpaired) electrons. The number of rotatable bonds is 5. The Bertz CT molecular complexity index is 729. The molecule has 1 saturated heterocycles. The van der Waals surface area contributed by atoms with Gasteiger partial charge in [0, 0.05) is 37.2 Å². The minimum atomic E-state index is -0.0175. The maximum Gasteiger partial charge on any atom is 0.251 e. The van der Waals surface area contributed by atoms with Crippen LogP contribution >= 0.6 is 0 Å². The summed E-state index contributed by atoms with van der Waals surface area (Å²) in [6, 6.07) is 18.1. The van der Waals surface area contributed by atoms with Crippen molar-refractivity contribution in [2.24, 2.45) is 11.8 Å². The molecular formula is C21H23NO3. The van der Waals surface area contributed by atoms with Gasteiger partial charge < -0.3 is 14.8 Å². The van der Waals surface area contributed by atoms with Crippen LogP contribution in [0, 0.1) is 11.8 Å². The Kier molecular flexibility index (Phi) is 4.55. The topological polar surface area (TPSA) is 47.6 Å². The lowest BCUT2D eigenvalue weighted by molar-refractivity contribution is -0.0809. The van der Waals surface area contributed by atoms with Crippen molar-refractivity contribution < 1.29 is 14.3 Å². The second kappa shape index (κ2) is 6.98. The van der Waals surface area contributed by atoms with Crippen LogP contribution in [0.5, 0.6) is 0 Å². The molecule has 1 saturated carbocycles. The molecule has 2 aromatic carbocycles. The Labute approximate surface area is 148 Å². The van der Waals surface area contributed by atoms with Crippen LogP contribution in [0.3, 0.4) is 0 Å². The molecule has 0 bridgehead atoms. The number of hydrogen-bond donors (Lipinski definition) is 1. The number of nitrogens with one attached hydrogen (secondary N) is 1. The van der Waals surface area contributed by atoms with Crippen LogP contribution in [0.1, 0.15) is 16.8 Å². The largest absolute Gasteiger partial charge is 0.384 e. The highest BCUT2D eigenvalue weighted by Gasteiger charge is 2.54. The highest BCUT2D eigenvalue weighted by atomic mass is 16.5. The third-order valence-corrected chi connectivity index (χ3v) is 5.44. The zero-order valence-electron chi connectivity index (χ0n) is 14.4. The number of fused-ring (bicyclic) bond motifs is 1. The predicted octanol–water partition coefficient (Wildman–Crippen LogP) is 3.13. The summed E-state index contributed by atoms with van der Waals surface area (Å²) in [4.78, 5) is 12.6. The van der Waals surface area contributed by atoms with Gasteiger partial charge in [-0.1, -0.05) is 42.5 Å². The summed E-state index contributed by atoms with van der Waals surface area (Å²) in [6.45, 7) is 1.41. The third kappa shape index (κ3) is 3.08. The number of amides is 1. The van der Waals surface area contributed by atoms with Gasteiger partial charge >= 0.3 is 0 Å². The molecule has 4 rings (SSSR count). The van der Waals surface area contributed by atoms with E-state index in [0.29, 0.717) is 18.1 Å². The van der Waals surface area contributed by atoms with Crippen LogP contribution in [0.2, 0.25) is 0 Å². The zero-order chi connectivity index (χ0) is 17.2. The van der Waals surface area contributed by atoms with Crippen molar-refractivity contribution in [1.82, 2.24) is 5.32 Å². The summed E-state index contributed by atoms with van der Waals surface area (Å²) in [5.41, 5.74) is 2.96. The van der Waals surface area contributed by atoms with Gasteiger partial charge in [-0.2, -0.15) is 0 Å². The van der Waals surface area contributed by atoms with E-state index in [1.165, 1.54) is 0 Å².